The van der Waals surface area contributed by atoms with Gasteiger partial charge < -0.3 is 20.5 Å². The number of rotatable bonds is 5. The molecule has 0 radical (unpaired) electrons. The zero-order chi connectivity index (χ0) is 23.5. The molecule has 0 spiro atoms. The van der Waals surface area contributed by atoms with Gasteiger partial charge in [0.25, 0.3) is 0 Å². The van der Waals surface area contributed by atoms with Gasteiger partial charge in [0.1, 0.15) is 23.0 Å². The van der Waals surface area contributed by atoms with E-state index in [0.29, 0.717) is 11.4 Å². The highest BCUT2D eigenvalue weighted by molar-refractivity contribution is 14.1. The van der Waals surface area contributed by atoms with Crippen molar-refractivity contribution in [2.45, 2.75) is 26.4 Å². The molecule has 0 bridgehead atoms. The third kappa shape index (κ3) is 6.46. The van der Waals surface area contributed by atoms with Crippen molar-refractivity contribution in [3.63, 3.8) is 0 Å². The van der Waals surface area contributed by atoms with Crippen LogP contribution in [0.15, 0.2) is 54.6 Å². The molecule has 3 aromatic carbocycles. The van der Waals surface area contributed by atoms with Crippen LogP contribution in [0.4, 0.5) is 36.3 Å². The van der Waals surface area contributed by atoms with Gasteiger partial charge in [-0.05, 0) is 79.8 Å². The molecule has 0 fully saturated rings. The summed E-state index contributed by atoms with van der Waals surface area (Å²) in [6, 6.07) is 13.3. The summed E-state index contributed by atoms with van der Waals surface area (Å²) in [6.45, 7) is 5.27. The van der Waals surface area contributed by atoms with E-state index in [2.05, 4.69) is 10.6 Å². The summed E-state index contributed by atoms with van der Waals surface area (Å²) >= 11 is 1.99. The molecule has 9 heteroatoms. The fourth-order valence-corrected chi connectivity index (χ4v) is 3.16. The Kier molecular flexibility index (Phi) is 7.07. The first-order chi connectivity index (χ1) is 15.0. The van der Waals surface area contributed by atoms with Gasteiger partial charge >= 0.3 is 6.09 Å². The Hall–Kier alpha value is -3.08. The van der Waals surface area contributed by atoms with E-state index in [1.807, 2.05) is 22.6 Å². The fraction of sp³-hybridized carbons (Fsp3) is 0.174. The van der Waals surface area contributed by atoms with Crippen molar-refractivity contribution in [3.05, 3.63) is 69.8 Å². The second-order valence-electron chi connectivity index (χ2n) is 7.87. The molecule has 0 atom stereocenters. The van der Waals surface area contributed by atoms with E-state index in [-0.39, 0.29) is 22.8 Å². The van der Waals surface area contributed by atoms with Crippen LogP contribution in [-0.2, 0) is 4.74 Å². The van der Waals surface area contributed by atoms with Gasteiger partial charge in [-0.25, -0.2) is 13.6 Å². The van der Waals surface area contributed by atoms with Crippen molar-refractivity contribution in [1.82, 2.24) is 0 Å². The van der Waals surface area contributed by atoms with E-state index in [1.165, 1.54) is 12.1 Å². The first-order valence-electron chi connectivity index (χ1n) is 9.59. The molecule has 0 saturated heterocycles. The van der Waals surface area contributed by atoms with Gasteiger partial charge in [-0.2, -0.15) is 0 Å². The molecule has 6 nitrogen and oxygen atoms in total. The molecule has 4 N–H and O–H groups in total. The summed E-state index contributed by atoms with van der Waals surface area (Å²) in [5, 5.41) is 5.40. The highest BCUT2D eigenvalue weighted by Crippen LogP contribution is 2.37. The summed E-state index contributed by atoms with van der Waals surface area (Å²) in [7, 11) is 0. The van der Waals surface area contributed by atoms with E-state index in [4.69, 9.17) is 15.2 Å². The van der Waals surface area contributed by atoms with Crippen LogP contribution < -0.4 is 21.1 Å². The summed E-state index contributed by atoms with van der Waals surface area (Å²) < 4.78 is 40.1. The maximum absolute atomic E-state index is 14.2. The van der Waals surface area contributed by atoms with E-state index in [9.17, 15) is 13.6 Å². The lowest BCUT2D eigenvalue weighted by molar-refractivity contribution is 0.0636. The summed E-state index contributed by atoms with van der Waals surface area (Å²) in [4.78, 5) is 12.0. The van der Waals surface area contributed by atoms with Crippen LogP contribution in [0.5, 0.6) is 11.5 Å². The number of carbonyl (C=O) groups excluding carboxylic acids is 1. The van der Waals surface area contributed by atoms with Crippen LogP contribution in [0.25, 0.3) is 0 Å². The van der Waals surface area contributed by atoms with Gasteiger partial charge in [-0.15, -0.1) is 0 Å². The monoisotopic (exact) mass is 553 g/mol. The largest absolute Gasteiger partial charge is 0.455 e. The standard InChI is InChI=1S/C23H22F2IN3O3/c1-23(2,3)32-22(30)28-15-5-4-6-16(12-15)31-20-10-13(24)9-19(21(20)27)29-18-8-7-14(26)11-17(18)25/h4-12,29H,27H2,1-3H3,(H,28,30). The maximum atomic E-state index is 14.2. The predicted octanol–water partition coefficient (Wildman–Crippen LogP) is 7.03. The first kappa shape index (κ1) is 23.6. The van der Waals surface area contributed by atoms with E-state index >= 15 is 0 Å². The smallest absolute Gasteiger partial charge is 0.412 e. The Morgan fingerprint density at radius 2 is 1.78 bits per heavy atom. The van der Waals surface area contributed by atoms with Crippen LogP contribution in [0.3, 0.4) is 0 Å². The molecule has 0 aliphatic rings. The van der Waals surface area contributed by atoms with Gasteiger partial charge in [0, 0.05) is 21.4 Å². The van der Waals surface area contributed by atoms with Crippen molar-refractivity contribution in [1.29, 1.82) is 0 Å². The fourth-order valence-electron chi connectivity index (χ4n) is 2.70. The third-order valence-corrected chi connectivity index (χ3v) is 4.69. The van der Waals surface area contributed by atoms with Crippen LogP contribution in [0.2, 0.25) is 0 Å². The number of nitrogen functional groups attached to an aromatic ring is 1. The summed E-state index contributed by atoms with van der Waals surface area (Å²) in [5.41, 5.74) is 6.32. The number of nitrogens with one attached hydrogen (secondary N) is 2. The molecule has 0 aromatic heterocycles. The number of anilines is 4. The van der Waals surface area contributed by atoms with Crippen LogP contribution in [0.1, 0.15) is 20.8 Å². The van der Waals surface area contributed by atoms with E-state index in [0.717, 1.165) is 15.7 Å². The van der Waals surface area contributed by atoms with E-state index < -0.39 is 23.3 Å². The zero-order valence-corrected chi connectivity index (χ0v) is 19.8. The van der Waals surface area contributed by atoms with Gasteiger partial charge in [-0.3, -0.25) is 5.32 Å². The Labute approximate surface area is 198 Å². The zero-order valence-electron chi connectivity index (χ0n) is 17.6. The van der Waals surface area contributed by atoms with Crippen molar-refractivity contribution in [2.24, 2.45) is 0 Å². The van der Waals surface area contributed by atoms with Gasteiger partial charge in [0.2, 0.25) is 0 Å². The Morgan fingerprint density at radius 1 is 1.03 bits per heavy atom. The molecule has 0 aliphatic heterocycles. The lowest BCUT2D eigenvalue weighted by atomic mass is 10.2. The number of hydrogen-bond acceptors (Lipinski definition) is 5. The van der Waals surface area contributed by atoms with Crippen LogP contribution in [0, 0.1) is 15.2 Å². The number of nitrogens with two attached hydrogens (primary N) is 1. The maximum Gasteiger partial charge on any atom is 0.412 e. The average molecular weight is 553 g/mol. The second-order valence-corrected chi connectivity index (χ2v) is 9.12. The van der Waals surface area contributed by atoms with Gasteiger partial charge in [0.05, 0.1) is 17.1 Å². The van der Waals surface area contributed by atoms with Crippen LogP contribution >= 0.6 is 22.6 Å². The molecule has 0 heterocycles. The lowest BCUT2D eigenvalue weighted by Crippen LogP contribution is -2.27. The molecule has 3 aromatic rings. The number of benzene rings is 3. The Balaban J connectivity index is 1.81. The molecule has 32 heavy (non-hydrogen) atoms. The van der Waals surface area contributed by atoms with Crippen molar-refractivity contribution in [3.8, 4) is 11.5 Å². The molecule has 168 valence electrons. The number of ether oxygens (including phenoxy) is 2. The topological polar surface area (TPSA) is 85.6 Å². The number of amides is 1. The summed E-state index contributed by atoms with van der Waals surface area (Å²) in [5.74, 6) is -0.773. The Bertz CT molecular complexity index is 1150. The molecule has 3 rings (SSSR count). The van der Waals surface area contributed by atoms with Gasteiger partial charge in [0.15, 0.2) is 5.75 Å². The minimum Gasteiger partial charge on any atom is -0.455 e. The molecule has 1 amide bonds. The molecule has 0 unspecified atom stereocenters. The molecule has 0 aliphatic carbocycles. The van der Waals surface area contributed by atoms with Crippen molar-refractivity contribution >= 4 is 51.4 Å². The lowest BCUT2D eigenvalue weighted by Gasteiger charge is -2.20. The van der Waals surface area contributed by atoms with Crippen molar-refractivity contribution < 1.29 is 23.0 Å². The normalized spacial score (nSPS) is 11.1. The second kappa shape index (κ2) is 9.60. The average Bonchev–Trinajstić information content (AvgIpc) is 2.66. The molecule has 0 saturated carbocycles. The minimum absolute atomic E-state index is 0.0350. The molecular formula is C23H22F2IN3O3. The first-order valence-corrected chi connectivity index (χ1v) is 10.7. The quantitative estimate of drug-likeness (QED) is 0.233. The Morgan fingerprint density at radius 3 is 2.47 bits per heavy atom. The third-order valence-electron chi connectivity index (χ3n) is 4.01. The SMILES string of the molecule is CC(C)(C)OC(=O)Nc1cccc(Oc2cc(F)cc(Nc3ccc(I)cc3F)c2N)c1. The van der Waals surface area contributed by atoms with Crippen LogP contribution in [-0.4, -0.2) is 11.7 Å². The molecular weight excluding hydrogens is 531 g/mol. The predicted molar refractivity (Wildman–Crippen MR) is 130 cm³/mol. The highest BCUT2D eigenvalue weighted by Gasteiger charge is 2.17. The summed E-state index contributed by atoms with van der Waals surface area (Å²) in [6.07, 6.45) is -0.619. The number of hydrogen-bond donors (Lipinski definition) is 3. The minimum atomic E-state index is -0.645. The number of carbonyl (C=O) groups is 1. The van der Waals surface area contributed by atoms with Crippen molar-refractivity contribution in [2.75, 3.05) is 16.4 Å². The highest BCUT2D eigenvalue weighted by atomic mass is 127. The number of halogens is 3. The van der Waals surface area contributed by atoms with E-state index in [1.54, 1.807) is 51.1 Å². The van der Waals surface area contributed by atoms with Gasteiger partial charge in [-0.1, -0.05) is 6.07 Å².